The summed E-state index contributed by atoms with van der Waals surface area (Å²) in [6, 6.07) is 6.92. The maximum atomic E-state index is 13.3. The minimum atomic E-state index is -0.153. The first kappa shape index (κ1) is 15.1. The predicted molar refractivity (Wildman–Crippen MR) is 87.4 cm³/mol. The number of benzene rings is 1. The van der Waals surface area contributed by atoms with Crippen molar-refractivity contribution in [2.75, 3.05) is 26.2 Å². The van der Waals surface area contributed by atoms with Crippen molar-refractivity contribution in [3.8, 4) is 0 Å². The van der Waals surface area contributed by atoms with Gasteiger partial charge in [0.2, 0.25) is 5.91 Å². The fourth-order valence-electron chi connectivity index (χ4n) is 4.51. The molecule has 1 saturated carbocycles. The summed E-state index contributed by atoms with van der Waals surface area (Å²) in [7, 11) is 0. The Morgan fingerprint density at radius 3 is 2.87 bits per heavy atom. The van der Waals surface area contributed by atoms with E-state index in [1.54, 1.807) is 12.1 Å². The smallest absolute Gasteiger partial charge is 0.226 e. The molecule has 2 aliphatic heterocycles. The molecule has 1 aliphatic carbocycles. The number of nitrogens with one attached hydrogen (secondary N) is 1. The van der Waals surface area contributed by atoms with Crippen molar-refractivity contribution in [3.63, 3.8) is 0 Å². The van der Waals surface area contributed by atoms with Crippen LogP contribution in [0.3, 0.4) is 0 Å². The molecule has 2 atom stereocenters. The molecule has 0 bridgehead atoms. The number of carbonyl (C=O) groups is 1. The quantitative estimate of drug-likeness (QED) is 0.930. The van der Waals surface area contributed by atoms with Crippen LogP contribution in [0.25, 0.3) is 0 Å². The number of rotatable bonds is 3. The van der Waals surface area contributed by atoms with Crippen molar-refractivity contribution in [2.45, 2.75) is 32.1 Å². The Morgan fingerprint density at radius 1 is 1.35 bits per heavy atom. The van der Waals surface area contributed by atoms with Gasteiger partial charge < -0.3 is 10.2 Å². The van der Waals surface area contributed by atoms with Crippen LogP contribution in [0.15, 0.2) is 24.3 Å². The van der Waals surface area contributed by atoms with Gasteiger partial charge in [-0.05, 0) is 67.7 Å². The SMILES string of the molecule is O=C(C1CC12CCNC2)N1CCC(Cc2cccc(F)c2)CC1. The molecule has 2 saturated heterocycles. The Balaban J connectivity index is 1.28. The Bertz CT molecular complexity index is 589. The van der Waals surface area contributed by atoms with Gasteiger partial charge >= 0.3 is 0 Å². The van der Waals surface area contributed by atoms with Crippen molar-refractivity contribution in [1.29, 1.82) is 0 Å². The lowest BCUT2D eigenvalue weighted by molar-refractivity contribution is -0.134. The molecule has 23 heavy (non-hydrogen) atoms. The Labute approximate surface area is 137 Å². The van der Waals surface area contributed by atoms with E-state index >= 15 is 0 Å². The Hall–Kier alpha value is -1.42. The molecule has 1 aromatic carbocycles. The summed E-state index contributed by atoms with van der Waals surface area (Å²) in [6.45, 7) is 3.84. The third-order valence-electron chi connectivity index (χ3n) is 6.10. The first-order valence-corrected chi connectivity index (χ1v) is 8.90. The normalized spacial score (nSPS) is 30.8. The van der Waals surface area contributed by atoms with Gasteiger partial charge in [-0.3, -0.25) is 4.79 Å². The van der Waals surface area contributed by atoms with E-state index in [-0.39, 0.29) is 11.7 Å². The van der Waals surface area contributed by atoms with E-state index < -0.39 is 0 Å². The third kappa shape index (κ3) is 3.01. The number of amides is 1. The van der Waals surface area contributed by atoms with Gasteiger partial charge in [-0.15, -0.1) is 0 Å². The highest BCUT2D eigenvalue weighted by atomic mass is 19.1. The van der Waals surface area contributed by atoms with Crippen LogP contribution in [-0.2, 0) is 11.2 Å². The molecule has 1 amide bonds. The van der Waals surface area contributed by atoms with Crippen LogP contribution in [0.1, 0.15) is 31.2 Å². The van der Waals surface area contributed by atoms with Crippen LogP contribution in [0, 0.1) is 23.1 Å². The summed E-state index contributed by atoms with van der Waals surface area (Å²) < 4.78 is 13.3. The molecule has 3 nitrogen and oxygen atoms in total. The average Bonchev–Trinajstić information content (AvgIpc) is 3.04. The number of halogens is 1. The highest BCUT2D eigenvalue weighted by molar-refractivity contribution is 5.83. The highest BCUT2D eigenvalue weighted by Gasteiger charge is 2.59. The second-order valence-corrected chi connectivity index (χ2v) is 7.65. The van der Waals surface area contributed by atoms with Crippen LogP contribution in [-0.4, -0.2) is 37.0 Å². The van der Waals surface area contributed by atoms with Gasteiger partial charge in [0.15, 0.2) is 0 Å². The summed E-state index contributed by atoms with van der Waals surface area (Å²) in [5, 5.41) is 3.40. The molecule has 4 rings (SSSR count). The highest BCUT2D eigenvalue weighted by Crippen LogP contribution is 2.57. The maximum absolute atomic E-state index is 13.3. The molecule has 1 N–H and O–H groups in total. The lowest BCUT2D eigenvalue weighted by atomic mass is 9.90. The third-order valence-corrected chi connectivity index (χ3v) is 6.10. The molecular formula is C19H25FN2O. The van der Waals surface area contributed by atoms with Gasteiger partial charge in [0.05, 0.1) is 0 Å². The van der Waals surface area contributed by atoms with E-state index in [1.165, 1.54) is 12.5 Å². The van der Waals surface area contributed by atoms with E-state index in [1.807, 2.05) is 6.07 Å². The van der Waals surface area contributed by atoms with Crippen molar-refractivity contribution in [1.82, 2.24) is 10.2 Å². The van der Waals surface area contributed by atoms with E-state index in [9.17, 15) is 9.18 Å². The summed E-state index contributed by atoms with van der Waals surface area (Å²) in [5.41, 5.74) is 1.38. The summed E-state index contributed by atoms with van der Waals surface area (Å²) in [4.78, 5) is 14.8. The molecule has 0 radical (unpaired) electrons. The zero-order valence-electron chi connectivity index (χ0n) is 13.6. The number of hydrogen-bond donors (Lipinski definition) is 1. The van der Waals surface area contributed by atoms with Crippen LogP contribution in [0.4, 0.5) is 4.39 Å². The maximum Gasteiger partial charge on any atom is 0.226 e. The van der Waals surface area contributed by atoms with Gasteiger partial charge in [-0.1, -0.05) is 12.1 Å². The molecule has 0 aromatic heterocycles. The standard InChI is InChI=1S/C19H25FN2O/c20-16-3-1-2-15(11-16)10-14-4-8-22(9-5-14)18(23)17-12-19(17)6-7-21-13-19/h1-3,11,14,17,21H,4-10,12-13H2. The Morgan fingerprint density at radius 2 is 2.17 bits per heavy atom. The topological polar surface area (TPSA) is 32.3 Å². The lowest BCUT2D eigenvalue weighted by Gasteiger charge is -2.32. The van der Waals surface area contributed by atoms with Crippen LogP contribution >= 0.6 is 0 Å². The van der Waals surface area contributed by atoms with Crippen molar-refractivity contribution < 1.29 is 9.18 Å². The Kier molecular flexibility index (Phi) is 3.88. The number of carbonyl (C=O) groups excluding carboxylic acids is 1. The van der Waals surface area contributed by atoms with Crippen molar-refractivity contribution in [3.05, 3.63) is 35.6 Å². The monoisotopic (exact) mass is 316 g/mol. The van der Waals surface area contributed by atoms with E-state index in [2.05, 4.69) is 10.2 Å². The second kappa shape index (κ2) is 5.90. The molecular weight excluding hydrogens is 291 g/mol. The molecule has 4 heteroatoms. The van der Waals surface area contributed by atoms with Crippen molar-refractivity contribution in [2.24, 2.45) is 17.3 Å². The molecule has 1 spiro atoms. The molecule has 124 valence electrons. The fraction of sp³-hybridized carbons (Fsp3) is 0.632. The molecule has 3 fully saturated rings. The molecule has 3 aliphatic rings. The van der Waals surface area contributed by atoms with Gasteiger partial charge in [0.25, 0.3) is 0 Å². The summed E-state index contributed by atoms with van der Waals surface area (Å²) in [6.07, 6.45) is 5.26. The lowest BCUT2D eigenvalue weighted by Crippen LogP contribution is -2.40. The zero-order valence-corrected chi connectivity index (χ0v) is 13.6. The van der Waals surface area contributed by atoms with E-state index in [4.69, 9.17) is 0 Å². The van der Waals surface area contributed by atoms with Crippen LogP contribution < -0.4 is 5.32 Å². The number of hydrogen-bond acceptors (Lipinski definition) is 2. The second-order valence-electron chi connectivity index (χ2n) is 7.65. The minimum Gasteiger partial charge on any atom is -0.342 e. The zero-order chi connectivity index (χ0) is 15.9. The summed E-state index contributed by atoms with van der Waals surface area (Å²) in [5.74, 6) is 1.08. The predicted octanol–water partition coefficient (Wildman–Crippen LogP) is 2.61. The summed E-state index contributed by atoms with van der Waals surface area (Å²) >= 11 is 0. The number of nitrogens with zero attached hydrogens (tertiary/aromatic N) is 1. The molecule has 2 heterocycles. The van der Waals surface area contributed by atoms with E-state index in [0.717, 1.165) is 57.4 Å². The molecule has 2 unspecified atom stereocenters. The molecule has 1 aromatic rings. The van der Waals surface area contributed by atoms with Crippen LogP contribution in [0.5, 0.6) is 0 Å². The van der Waals surface area contributed by atoms with Crippen LogP contribution in [0.2, 0.25) is 0 Å². The number of likely N-dealkylation sites (tertiary alicyclic amines) is 1. The van der Waals surface area contributed by atoms with Gasteiger partial charge in [0, 0.05) is 25.6 Å². The van der Waals surface area contributed by atoms with Gasteiger partial charge in [-0.2, -0.15) is 0 Å². The minimum absolute atomic E-state index is 0.153. The fourth-order valence-corrected chi connectivity index (χ4v) is 4.51. The first-order valence-electron chi connectivity index (χ1n) is 8.90. The average molecular weight is 316 g/mol. The van der Waals surface area contributed by atoms with Gasteiger partial charge in [0.1, 0.15) is 5.82 Å². The van der Waals surface area contributed by atoms with Gasteiger partial charge in [-0.25, -0.2) is 4.39 Å². The largest absolute Gasteiger partial charge is 0.342 e. The van der Waals surface area contributed by atoms with E-state index in [0.29, 0.717) is 17.2 Å². The number of piperidine rings is 1. The van der Waals surface area contributed by atoms with Crippen molar-refractivity contribution >= 4 is 5.91 Å². The first-order chi connectivity index (χ1) is 11.2.